The summed E-state index contributed by atoms with van der Waals surface area (Å²) in [7, 11) is 0. The number of anilines is 1. The molecule has 0 spiro atoms. The molecule has 0 aliphatic rings. The second kappa shape index (κ2) is 6.61. The Hall–Kier alpha value is -2.49. The number of aromatic hydroxyl groups is 1. The van der Waals surface area contributed by atoms with Crippen molar-refractivity contribution < 1.29 is 14.6 Å². The van der Waals surface area contributed by atoms with Gasteiger partial charge in [0.25, 0.3) is 0 Å². The van der Waals surface area contributed by atoms with Crippen molar-refractivity contribution in [1.29, 1.82) is 0 Å². The minimum atomic E-state index is -0.171. The molecule has 0 aliphatic carbocycles. The van der Waals surface area contributed by atoms with Gasteiger partial charge in [-0.1, -0.05) is 24.3 Å². The van der Waals surface area contributed by atoms with Crippen LogP contribution >= 0.6 is 0 Å². The molecule has 2 N–H and O–H groups in total. The molecular weight excluding hydrogens is 254 g/mol. The number of hydrogen-bond acceptors (Lipinski definition) is 3. The molecule has 0 aliphatic heterocycles. The zero-order valence-electron chi connectivity index (χ0n) is 11.3. The fourth-order valence-corrected chi connectivity index (χ4v) is 1.83. The number of carbonyl (C=O) groups excluding carboxylic acids is 1. The predicted molar refractivity (Wildman–Crippen MR) is 78.1 cm³/mol. The van der Waals surface area contributed by atoms with E-state index in [0.717, 1.165) is 11.3 Å². The largest absolute Gasteiger partial charge is 0.506 e. The van der Waals surface area contributed by atoms with E-state index in [0.29, 0.717) is 12.3 Å². The van der Waals surface area contributed by atoms with Crippen LogP contribution < -0.4 is 10.1 Å². The molecule has 0 unspecified atom stereocenters. The Morgan fingerprint density at radius 1 is 1.15 bits per heavy atom. The van der Waals surface area contributed by atoms with Gasteiger partial charge in [-0.3, -0.25) is 4.79 Å². The maximum absolute atomic E-state index is 11.9. The lowest BCUT2D eigenvalue weighted by atomic mass is 10.1. The minimum Gasteiger partial charge on any atom is -0.506 e. The molecule has 0 heterocycles. The SMILES string of the molecule is CCOc1ccc(CC(=O)Nc2ccccc2O)cc1. The highest BCUT2D eigenvalue weighted by atomic mass is 16.5. The number of carbonyl (C=O) groups is 1. The quantitative estimate of drug-likeness (QED) is 0.822. The summed E-state index contributed by atoms with van der Waals surface area (Å²) in [6, 6.07) is 14.0. The van der Waals surface area contributed by atoms with E-state index < -0.39 is 0 Å². The maximum Gasteiger partial charge on any atom is 0.228 e. The van der Waals surface area contributed by atoms with Gasteiger partial charge in [0.1, 0.15) is 11.5 Å². The van der Waals surface area contributed by atoms with Gasteiger partial charge in [-0.05, 0) is 36.8 Å². The summed E-state index contributed by atoms with van der Waals surface area (Å²) in [5.41, 5.74) is 1.31. The molecule has 4 nitrogen and oxygen atoms in total. The third-order valence-corrected chi connectivity index (χ3v) is 2.78. The zero-order valence-corrected chi connectivity index (χ0v) is 11.3. The molecule has 4 heteroatoms. The van der Waals surface area contributed by atoms with Crippen LogP contribution in [0.3, 0.4) is 0 Å². The number of hydrogen-bond donors (Lipinski definition) is 2. The van der Waals surface area contributed by atoms with Crippen molar-refractivity contribution in [1.82, 2.24) is 0 Å². The van der Waals surface area contributed by atoms with Gasteiger partial charge in [0.2, 0.25) is 5.91 Å². The van der Waals surface area contributed by atoms with Gasteiger partial charge in [0, 0.05) is 0 Å². The van der Waals surface area contributed by atoms with Crippen LogP contribution in [-0.2, 0) is 11.2 Å². The van der Waals surface area contributed by atoms with E-state index in [1.165, 1.54) is 6.07 Å². The predicted octanol–water partition coefficient (Wildman–Crippen LogP) is 2.97. The molecule has 2 aromatic rings. The number of ether oxygens (including phenoxy) is 1. The molecule has 0 bridgehead atoms. The minimum absolute atomic E-state index is 0.0625. The first kappa shape index (κ1) is 13.9. The Bertz CT molecular complexity index is 579. The number of benzene rings is 2. The summed E-state index contributed by atoms with van der Waals surface area (Å²) in [6.07, 6.45) is 0.251. The lowest BCUT2D eigenvalue weighted by Crippen LogP contribution is -2.14. The number of phenolic OH excluding ortho intramolecular Hbond substituents is 1. The van der Waals surface area contributed by atoms with Crippen LogP contribution in [0.25, 0.3) is 0 Å². The number of para-hydroxylation sites is 2. The van der Waals surface area contributed by atoms with Crippen molar-refractivity contribution in [2.45, 2.75) is 13.3 Å². The lowest BCUT2D eigenvalue weighted by molar-refractivity contribution is -0.115. The molecule has 0 atom stereocenters. The van der Waals surface area contributed by atoms with E-state index in [1.807, 2.05) is 31.2 Å². The smallest absolute Gasteiger partial charge is 0.228 e. The summed E-state index contributed by atoms with van der Waals surface area (Å²) in [5.74, 6) is 0.681. The third-order valence-electron chi connectivity index (χ3n) is 2.78. The van der Waals surface area contributed by atoms with Crippen molar-refractivity contribution in [3.63, 3.8) is 0 Å². The number of nitrogens with one attached hydrogen (secondary N) is 1. The first-order valence-corrected chi connectivity index (χ1v) is 6.48. The summed E-state index contributed by atoms with van der Waals surface area (Å²) in [4.78, 5) is 11.9. The average Bonchev–Trinajstić information content (AvgIpc) is 2.44. The van der Waals surface area contributed by atoms with Gasteiger partial charge in [0.15, 0.2) is 0 Å². The van der Waals surface area contributed by atoms with E-state index in [-0.39, 0.29) is 18.1 Å². The Labute approximate surface area is 118 Å². The molecule has 1 amide bonds. The van der Waals surface area contributed by atoms with E-state index in [4.69, 9.17) is 4.74 Å². The van der Waals surface area contributed by atoms with Crippen molar-refractivity contribution in [3.05, 3.63) is 54.1 Å². The van der Waals surface area contributed by atoms with E-state index in [2.05, 4.69) is 5.32 Å². The molecule has 0 aromatic heterocycles. The number of phenols is 1. The molecule has 0 saturated carbocycles. The van der Waals surface area contributed by atoms with Gasteiger partial charge in [-0.25, -0.2) is 0 Å². The van der Waals surface area contributed by atoms with Crippen LogP contribution in [0, 0.1) is 0 Å². The van der Waals surface area contributed by atoms with Gasteiger partial charge in [-0.2, -0.15) is 0 Å². The van der Waals surface area contributed by atoms with E-state index in [1.54, 1.807) is 18.2 Å². The van der Waals surface area contributed by atoms with Crippen LogP contribution in [-0.4, -0.2) is 17.6 Å². The van der Waals surface area contributed by atoms with Gasteiger partial charge in [0.05, 0.1) is 18.7 Å². The highest BCUT2D eigenvalue weighted by molar-refractivity contribution is 5.93. The second-order valence-electron chi connectivity index (χ2n) is 4.32. The second-order valence-corrected chi connectivity index (χ2v) is 4.32. The Kier molecular flexibility index (Phi) is 4.60. The topological polar surface area (TPSA) is 58.6 Å². The summed E-state index contributed by atoms with van der Waals surface area (Å²) in [5, 5.41) is 12.3. The van der Waals surface area contributed by atoms with Gasteiger partial charge in [-0.15, -0.1) is 0 Å². The molecule has 104 valence electrons. The Morgan fingerprint density at radius 2 is 1.85 bits per heavy atom. The van der Waals surface area contributed by atoms with Crippen molar-refractivity contribution >= 4 is 11.6 Å². The van der Waals surface area contributed by atoms with Crippen LogP contribution in [0.4, 0.5) is 5.69 Å². The fraction of sp³-hybridized carbons (Fsp3) is 0.188. The molecule has 2 aromatic carbocycles. The summed E-state index contributed by atoms with van der Waals surface area (Å²) >= 11 is 0. The van der Waals surface area contributed by atoms with Gasteiger partial charge >= 0.3 is 0 Å². The highest BCUT2D eigenvalue weighted by Gasteiger charge is 2.07. The molecule has 20 heavy (non-hydrogen) atoms. The fourth-order valence-electron chi connectivity index (χ4n) is 1.83. The molecule has 0 saturated heterocycles. The Balaban J connectivity index is 1.96. The third kappa shape index (κ3) is 3.75. The normalized spacial score (nSPS) is 10.1. The van der Waals surface area contributed by atoms with Crippen LogP contribution in [0.5, 0.6) is 11.5 Å². The van der Waals surface area contributed by atoms with Crippen LogP contribution in [0.15, 0.2) is 48.5 Å². The molecule has 0 radical (unpaired) electrons. The molecular formula is C16H17NO3. The average molecular weight is 271 g/mol. The van der Waals surface area contributed by atoms with Crippen molar-refractivity contribution in [2.24, 2.45) is 0 Å². The molecule has 2 rings (SSSR count). The lowest BCUT2D eigenvalue weighted by Gasteiger charge is -2.08. The van der Waals surface area contributed by atoms with Crippen molar-refractivity contribution in [3.8, 4) is 11.5 Å². The van der Waals surface area contributed by atoms with E-state index in [9.17, 15) is 9.90 Å². The van der Waals surface area contributed by atoms with Crippen LogP contribution in [0.2, 0.25) is 0 Å². The maximum atomic E-state index is 11.9. The zero-order chi connectivity index (χ0) is 14.4. The van der Waals surface area contributed by atoms with Crippen molar-refractivity contribution in [2.75, 3.05) is 11.9 Å². The van der Waals surface area contributed by atoms with E-state index >= 15 is 0 Å². The molecule has 0 fully saturated rings. The summed E-state index contributed by atoms with van der Waals surface area (Å²) in [6.45, 7) is 2.54. The monoisotopic (exact) mass is 271 g/mol. The number of amides is 1. The highest BCUT2D eigenvalue weighted by Crippen LogP contribution is 2.21. The Morgan fingerprint density at radius 3 is 2.50 bits per heavy atom. The van der Waals surface area contributed by atoms with Crippen LogP contribution in [0.1, 0.15) is 12.5 Å². The first-order chi connectivity index (χ1) is 9.69. The number of rotatable bonds is 5. The van der Waals surface area contributed by atoms with Gasteiger partial charge < -0.3 is 15.2 Å². The summed E-state index contributed by atoms with van der Waals surface area (Å²) < 4.78 is 5.34. The first-order valence-electron chi connectivity index (χ1n) is 6.48. The standard InChI is InChI=1S/C16H17NO3/c1-2-20-13-9-7-12(8-10-13)11-16(19)17-14-5-3-4-6-15(14)18/h3-10,18H,2,11H2,1H3,(H,17,19).